The van der Waals surface area contributed by atoms with Crippen molar-refractivity contribution in [1.29, 1.82) is 0 Å². The topological polar surface area (TPSA) is 90.9 Å². The van der Waals surface area contributed by atoms with Gasteiger partial charge in [-0.1, -0.05) is 18.2 Å². The highest BCUT2D eigenvalue weighted by Crippen LogP contribution is 2.60. The van der Waals surface area contributed by atoms with Crippen LogP contribution >= 0.6 is 19.2 Å². The molecule has 0 bridgehead atoms. The van der Waals surface area contributed by atoms with E-state index in [4.69, 9.17) is 25.4 Å². The van der Waals surface area contributed by atoms with Gasteiger partial charge in [-0.2, -0.15) is 0 Å². The number of carbonyl (C=O) groups is 2. The second kappa shape index (κ2) is 8.74. The maximum absolute atomic E-state index is 13.7. The van der Waals surface area contributed by atoms with E-state index in [0.717, 1.165) is 0 Å². The van der Waals surface area contributed by atoms with Crippen LogP contribution in [-0.2, 0) is 23.1 Å². The van der Waals surface area contributed by atoms with E-state index in [9.17, 15) is 14.2 Å². The lowest BCUT2D eigenvalue weighted by Gasteiger charge is -2.35. The van der Waals surface area contributed by atoms with E-state index in [1.165, 1.54) is 0 Å². The highest BCUT2D eigenvalue weighted by molar-refractivity contribution is 7.55. The van der Waals surface area contributed by atoms with Crippen molar-refractivity contribution in [1.82, 2.24) is 5.32 Å². The maximum Gasteiger partial charge on any atom is 0.355 e. The molecule has 27 heavy (non-hydrogen) atoms. The van der Waals surface area contributed by atoms with E-state index in [-0.39, 0.29) is 13.0 Å². The number of rotatable bonds is 8. The maximum atomic E-state index is 13.7. The Morgan fingerprint density at radius 3 is 2.19 bits per heavy atom. The fourth-order valence-electron chi connectivity index (χ4n) is 2.74. The van der Waals surface area contributed by atoms with Gasteiger partial charge in [0.1, 0.15) is 0 Å². The van der Waals surface area contributed by atoms with E-state index in [1.54, 1.807) is 58.0 Å². The second-order valence-electron chi connectivity index (χ2n) is 6.84. The quantitative estimate of drug-likeness (QED) is 0.394. The Morgan fingerprint density at radius 1 is 1.19 bits per heavy atom. The first-order valence-electron chi connectivity index (χ1n) is 8.77. The Labute approximate surface area is 164 Å². The van der Waals surface area contributed by atoms with Crippen LogP contribution in [0, 0.1) is 0 Å². The molecule has 1 unspecified atom stereocenters. The molecule has 0 saturated carbocycles. The lowest BCUT2D eigenvalue weighted by molar-refractivity contribution is -0.140. The first kappa shape index (κ1) is 21.9. The van der Waals surface area contributed by atoms with Gasteiger partial charge in [0.15, 0.2) is 10.7 Å². The third-order valence-electron chi connectivity index (χ3n) is 3.81. The summed E-state index contributed by atoms with van der Waals surface area (Å²) in [6.45, 7) is 6.78. The van der Waals surface area contributed by atoms with Crippen LogP contribution in [0.4, 0.5) is 0 Å². The van der Waals surface area contributed by atoms with Crippen molar-refractivity contribution in [2.24, 2.45) is 0 Å². The van der Waals surface area contributed by atoms with E-state index in [1.807, 2.05) is 0 Å². The Kier molecular flexibility index (Phi) is 7.09. The SMILES string of the molecule is CC(C)OP(=O)(OC(C)C)[C@@H](NC(=O)c1ccccc1)C1(Cl)CCOC1=O. The third-order valence-corrected chi connectivity index (χ3v) is 7.15. The minimum Gasteiger partial charge on any atom is -0.464 e. The van der Waals surface area contributed by atoms with Crippen molar-refractivity contribution < 1.29 is 27.9 Å². The molecule has 2 atom stereocenters. The van der Waals surface area contributed by atoms with Crippen LogP contribution in [0.2, 0.25) is 0 Å². The third kappa shape index (κ3) is 5.11. The van der Waals surface area contributed by atoms with Crippen LogP contribution in [0.3, 0.4) is 0 Å². The Bertz CT molecular complexity index is 712. The number of hydrogen-bond donors (Lipinski definition) is 1. The summed E-state index contributed by atoms with van der Waals surface area (Å²) in [6.07, 6.45) is -0.896. The van der Waals surface area contributed by atoms with Crippen molar-refractivity contribution in [2.45, 2.75) is 57.0 Å². The number of carbonyl (C=O) groups excluding carboxylic acids is 2. The number of halogens is 1. The fraction of sp³-hybridized carbons (Fsp3) is 0.556. The molecule has 0 spiro atoms. The minimum atomic E-state index is -4.03. The van der Waals surface area contributed by atoms with E-state index in [0.29, 0.717) is 5.56 Å². The lowest BCUT2D eigenvalue weighted by Crippen LogP contribution is -2.52. The van der Waals surface area contributed by atoms with Crippen molar-refractivity contribution in [3.05, 3.63) is 35.9 Å². The van der Waals surface area contributed by atoms with Crippen LogP contribution in [0.15, 0.2) is 30.3 Å². The number of cyclic esters (lactones) is 1. The van der Waals surface area contributed by atoms with Crippen molar-refractivity contribution in [3.8, 4) is 0 Å². The molecule has 2 rings (SSSR count). The van der Waals surface area contributed by atoms with Crippen molar-refractivity contribution >= 4 is 31.1 Å². The molecule has 0 aromatic heterocycles. The van der Waals surface area contributed by atoms with Gasteiger partial charge >= 0.3 is 13.6 Å². The summed E-state index contributed by atoms with van der Waals surface area (Å²) < 4.78 is 29.9. The van der Waals surface area contributed by atoms with Gasteiger partial charge in [0, 0.05) is 12.0 Å². The van der Waals surface area contributed by atoms with Crippen molar-refractivity contribution in [3.63, 3.8) is 0 Å². The molecule has 9 heteroatoms. The molecule has 1 aromatic rings. The van der Waals surface area contributed by atoms with Gasteiger partial charge in [0.2, 0.25) is 0 Å². The summed E-state index contributed by atoms with van der Waals surface area (Å²) in [6, 6.07) is 8.34. The zero-order valence-corrected chi connectivity index (χ0v) is 17.5. The molecular formula is C18H25ClNO6P. The molecule has 1 aliphatic rings. The molecule has 0 radical (unpaired) electrons. The molecule has 1 heterocycles. The zero-order chi connectivity index (χ0) is 20.2. The lowest BCUT2D eigenvalue weighted by atomic mass is 10.1. The average Bonchev–Trinajstić information content (AvgIpc) is 2.91. The highest BCUT2D eigenvalue weighted by Gasteiger charge is 2.59. The van der Waals surface area contributed by atoms with Gasteiger partial charge in [0.25, 0.3) is 5.91 Å². The van der Waals surface area contributed by atoms with Gasteiger partial charge in [-0.25, -0.2) is 0 Å². The van der Waals surface area contributed by atoms with Crippen LogP contribution in [0.1, 0.15) is 44.5 Å². The summed E-state index contributed by atoms with van der Waals surface area (Å²) >= 11 is 6.55. The number of nitrogens with one attached hydrogen (secondary N) is 1. The van der Waals surface area contributed by atoms with Crippen LogP contribution in [-0.4, -0.2) is 41.3 Å². The molecule has 1 N–H and O–H groups in total. The molecule has 1 saturated heterocycles. The number of ether oxygens (including phenoxy) is 1. The number of hydrogen-bond acceptors (Lipinski definition) is 6. The van der Waals surface area contributed by atoms with Crippen LogP contribution < -0.4 is 5.32 Å². The first-order chi connectivity index (χ1) is 12.6. The average molecular weight is 418 g/mol. The summed E-state index contributed by atoms with van der Waals surface area (Å²) in [5.74, 6) is -2.71. The molecule has 1 aliphatic heterocycles. The van der Waals surface area contributed by atoms with Gasteiger partial charge in [-0.3, -0.25) is 14.2 Å². The van der Waals surface area contributed by atoms with Gasteiger partial charge in [-0.05, 0) is 39.8 Å². The largest absolute Gasteiger partial charge is 0.464 e. The Hall–Kier alpha value is -1.40. The molecule has 150 valence electrons. The fourth-order valence-corrected chi connectivity index (χ4v) is 5.76. The molecule has 1 amide bonds. The normalized spacial score (nSPS) is 21.4. The monoisotopic (exact) mass is 417 g/mol. The summed E-state index contributed by atoms with van der Waals surface area (Å²) in [4.78, 5) is 23.3. The minimum absolute atomic E-state index is 0.0589. The highest BCUT2D eigenvalue weighted by atomic mass is 35.5. The molecule has 1 fully saturated rings. The summed E-state index contributed by atoms with van der Waals surface area (Å²) in [7, 11) is -4.03. The standard InChI is InChI=1S/C18H25ClNO6P/c1-12(2)25-27(23,26-13(3)4)16(18(19)10-11-24-17(18)22)20-15(21)14-8-6-5-7-9-14/h5-9,12-13,16H,10-11H2,1-4H3,(H,20,21)/t16-,18?/m1/s1. The Morgan fingerprint density at radius 2 is 1.74 bits per heavy atom. The van der Waals surface area contributed by atoms with E-state index >= 15 is 0 Å². The predicted molar refractivity (Wildman–Crippen MR) is 102 cm³/mol. The van der Waals surface area contributed by atoms with Gasteiger partial charge in [-0.15, -0.1) is 11.6 Å². The zero-order valence-electron chi connectivity index (χ0n) is 15.8. The molecule has 0 aliphatic carbocycles. The number of esters is 1. The predicted octanol–water partition coefficient (Wildman–Crippen LogP) is 3.71. The number of benzene rings is 1. The van der Waals surface area contributed by atoms with Gasteiger partial charge < -0.3 is 19.1 Å². The van der Waals surface area contributed by atoms with Crippen LogP contribution in [0.5, 0.6) is 0 Å². The summed E-state index contributed by atoms with van der Waals surface area (Å²) in [5, 5.41) is 2.61. The van der Waals surface area contributed by atoms with Crippen LogP contribution in [0.25, 0.3) is 0 Å². The first-order valence-corrected chi connectivity index (χ1v) is 10.8. The smallest absolute Gasteiger partial charge is 0.355 e. The number of amides is 1. The summed E-state index contributed by atoms with van der Waals surface area (Å²) in [5.41, 5.74) is 0.328. The Balaban J connectivity index is 2.46. The second-order valence-corrected chi connectivity index (χ2v) is 9.53. The molecule has 7 nitrogen and oxygen atoms in total. The molecular weight excluding hydrogens is 393 g/mol. The van der Waals surface area contributed by atoms with Gasteiger partial charge in [0.05, 0.1) is 18.8 Å². The number of alkyl halides is 1. The molecule has 1 aromatic carbocycles. The van der Waals surface area contributed by atoms with E-state index in [2.05, 4.69) is 5.32 Å². The van der Waals surface area contributed by atoms with E-state index < -0.39 is 42.3 Å². The van der Waals surface area contributed by atoms with Crippen molar-refractivity contribution in [2.75, 3.05) is 6.61 Å².